The van der Waals surface area contributed by atoms with Gasteiger partial charge in [0, 0.05) is 30.8 Å². The lowest BCUT2D eigenvalue weighted by atomic mass is 10.2. The van der Waals surface area contributed by atoms with Gasteiger partial charge in [-0.25, -0.2) is 0 Å². The molecule has 0 aromatic carbocycles. The van der Waals surface area contributed by atoms with Crippen LogP contribution in [0.1, 0.15) is 56.5 Å². The van der Waals surface area contributed by atoms with Gasteiger partial charge in [0.05, 0.1) is 24.9 Å². The van der Waals surface area contributed by atoms with E-state index in [4.69, 9.17) is 4.74 Å². The molecule has 2 aromatic heterocycles. The van der Waals surface area contributed by atoms with Gasteiger partial charge in [0.15, 0.2) is 5.56 Å². The number of nitrogens with zero attached hydrogens (tertiary/aromatic N) is 4. The summed E-state index contributed by atoms with van der Waals surface area (Å²) in [6, 6.07) is -0.00377. The maximum absolute atomic E-state index is 13.3. The fourth-order valence-corrected chi connectivity index (χ4v) is 4.02. The predicted octanol–water partition coefficient (Wildman–Crippen LogP) is 1.40. The Morgan fingerprint density at radius 3 is 2.73 bits per heavy atom. The summed E-state index contributed by atoms with van der Waals surface area (Å²) >= 11 is 0. The van der Waals surface area contributed by atoms with E-state index in [1.807, 2.05) is 27.7 Å². The molecule has 2 N–H and O–H groups in total. The molecular formula is C23H31N5O5. The van der Waals surface area contributed by atoms with Gasteiger partial charge < -0.3 is 20.1 Å². The third-order valence-corrected chi connectivity index (χ3v) is 5.89. The molecule has 1 aliphatic heterocycles. The van der Waals surface area contributed by atoms with Crippen molar-refractivity contribution in [2.24, 2.45) is 5.92 Å². The van der Waals surface area contributed by atoms with Crippen LogP contribution in [0.3, 0.4) is 0 Å². The van der Waals surface area contributed by atoms with Crippen LogP contribution in [0.4, 0.5) is 0 Å². The lowest BCUT2D eigenvalue weighted by Gasteiger charge is -2.36. The number of hydrogen-bond donors (Lipinski definition) is 2. The van der Waals surface area contributed by atoms with Crippen LogP contribution in [0.2, 0.25) is 0 Å². The molecular weight excluding hydrogens is 426 g/mol. The second-order valence-electron chi connectivity index (χ2n) is 9.41. The van der Waals surface area contributed by atoms with E-state index in [1.165, 1.54) is 21.4 Å². The van der Waals surface area contributed by atoms with E-state index in [0.717, 1.165) is 12.8 Å². The van der Waals surface area contributed by atoms with Crippen molar-refractivity contribution in [1.29, 1.82) is 0 Å². The molecule has 4 rings (SSSR count). The maximum Gasteiger partial charge on any atom is 0.270 e. The lowest BCUT2D eigenvalue weighted by molar-refractivity contribution is -0.137. The number of carbonyl (C=O) groups excluding carboxylic acids is 2. The topological polar surface area (TPSA) is 118 Å². The van der Waals surface area contributed by atoms with Crippen molar-refractivity contribution >= 4 is 23.5 Å². The Kier molecular flexibility index (Phi) is 6.29. The highest BCUT2D eigenvalue weighted by Gasteiger charge is 2.30. The van der Waals surface area contributed by atoms with Crippen LogP contribution in [0.5, 0.6) is 5.88 Å². The zero-order valence-electron chi connectivity index (χ0n) is 19.4. The van der Waals surface area contributed by atoms with Crippen LogP contribution in [0, 0.1) is 5.92 Å². The average Bonchev–Trinajstić information content (AvgIpc) is 3.46. The Labute approximate surface area is 191 Å². The molecule has 3 heterocycles. The second kappa shape index (κ2) is 9.01. The van der Waals surface area contributed by atoms with Crippen molar-refractivity contribution in [3.8, 4) is 5.88 Å². The van der Waals surface area contributed by atoms with Crippen LogP contribution in [-0.2, 0) is 16.1 Å². The number of aromatic nitrogens is 3. The fraction of sp³-hybridized carbons (Fsp3) is 0.565. The number of aromatic hydroxyl groups is 1. The molecule has 2 atom stereocenters. The molecule has 178 valence electrons. The third-order valence-electron chi connectivity index (χ3n) is 5.89. The average molecular weight is 458 g/mol. The molecule has 2 fully saturated rings. The first kappa shape index (κ1) is 23.0. The quantitative estimate of drug-likeness (QED) is 0.633. The molecule has 2 aromatic rings. The molecule has 0 spiro atoms. The Hall–Kier alpha value is -3.14. The van der Waals surface area contributed by atoms with Crippen LogP contribution >= 0.6 is 0 Å². The van der Waals surface area contributed by atoms with Crippen molar-refractivity contribution in [2.75, 3.05) is 13.2 Å². The third kappa shape index (κ3) is 4.66. The summed E-state index contributed by atoms with van der Waals surface area (Å²) in [5.41, 5.74) is -0.0639. The number of hydrogen-bond acceptors (Lipinski definition) is 6. The van der Waals surface area contributed by atoms with Gasteiger partial charge in [0.25, 0.3) is 11.5 Å². The molecule has 0 radical (unpaired) electrons. The summed E-state index contributed by atoms with van der Waals surface area (Å²) in [6.45, 7) is 9.06. The van der Waals surface area contributed by atoms with Gasteiger partial charge in [0.2, 0.25) is 11.8 Å². The van der Waals surface area contributed by atoms with Crippen molar-refractivity contribution < 1.29 is 19.4 Å². The molecule has 0 unspecified atom stereocenters. The van der Waals surface area contributed by atoms with Gasteiger partial charge in [-0.1, -0.05) is 13.8 Å². The Morgan fingerprint density at radius 1 is 1.33 bits per heavy atom. The van der Waals surface area contributed by atoms with Gasteiger partial charge in [0.1, 0.15) is 5.65 Å². The summed E-state index contributed by atoms with van der Waals surface area (Å²) in [6.07, 6.45) is 6.20. The smallest absolute Gasteiger partial charge is 0.270 e. The Bertz CT molecular complexity index is 1160. The van der Waals surface area contributed by atoms with Crippen LogP contribution in [-0.4, -0.2) is 67.3 Å². The maximum atomic E-state index is 13.3. The minimum absolute atomic E-state index is 0.0381. The lowest BCUT2D eigenvalue weighted by Crippen LogP contribution is -2.49. The van der Waals surface area contributed by atoms with Crippen molar-refractivity contribution in [3.63, 3.8) is 0 Å². The molecule has 2 amide bonds. The van der Waals surface area contributed by atoms with E-state index in [2.05, 4.69) is 10.4 Å². The first-order chi connectivity index (χ1) is 15.7. The first-order valence-electron chi connectivity index (χ1n) is 11.4. The molecule has 10 nitrogen and oxygen atoms in total. The number of carbonyl (C=O) groups is 2. The molecule has 1 aliphatic carbocycles. The summed E-state index contributed by atoms with van der Waals surface area (Å²) < 4.78 is 8.22. The first-order valence-corrected chi connectivity index (χ1v) is 11.4. The predicted molar refractivity (Wildman–Crippen MR) is 122 cm³/mol. The van der Waals surface area contributed by atoms with Crippen LogP contribution < -0.4 is 10.9 Å². The number of rotatable bonds is 6. The van der Waals surface area contributed by atoms with E-state index in [-0.39, 0.29) is 35.6 Å². The van der Waals surface area contributed by atoms with E-state index in [9.17, 15) is 19.5 Å². The van der Waals surface area contributed by atoms with E-state index in [0.29, 0.717) is 30.9 Å². The second-order valence-corrected chi connectivity index (χ2v) is 9.41. The molecule has 10 heteroatoms. The van der Waals surface area contributed by atoms with Crippen molar-refractivity contribution in [3.05, 3.63) is 33.8 Å². The monoisotopic (exact) mass is 457 g/mol. The van der Waals surface area contributed by atoms with Gasteiger partial charge in [-0.15, -0.1) is 0 Å². The molecule has 2 aliphatic rings. The van der Waals surface area contributed by atoms with Crippen LogP contribution in [0.15, 0.2) is 17.1 Å². The van der Waals surface area contributed by atoms with Crippen molar-refractivity contribution in [2.45, 2.75) is 65.3 Å². The Morgan fingerprint density at radius 2 is 2.06 bits per heavy atom. The Balaban J connectivity index is 1.74. The van der Waals surface area contributed by atoms with E-state index in [1.54, 1.807) is 11.0 Å². The van der Waals surface area contributed by atoms with Gasteiger partial charge in [-0.3, -0.25) is 19.0 Å². The molecule has 1 saturated heterocycles. The summed E-state index contributed by atoms with van der Waals surface area (Å²) in [5, 5.41) is 17.7. The van der Waals surface area contributed by atoms with E-state index >= 15 is 0 Å². The summed E-state index contributed by atoms with van der Waals surface area (Å²) in [5.74, 6) is -1.17. The molecule has 1 saturated carbocycles. The fourth-order valence-electron chi connectivity index (χ4n) is 4.02. The number of amides is 2. The van der Waals surface area contributed by atoms with Crippen molar-refractivity contribution in [1.82, 2.24) is 24.4 Å². The number of morpholine rings is 1. The minimum Gasteiger partial charge on any atom is -0.492 e. The van der Waals surface area contributed by atoms with E-state index < -0.39 is 17.3 Å². The highest BCUT2D eigenvalue weighted by Crippen LogP contribution is 2.24. The summed E-state index contributed by atoms with van der Waals surface area (Å²) in [7, 11) is 0. The summed E-state index contributed by atoms with van der Waals surface area (Å²) in [4.78, 5) is 40.5. The number of nitrogens with one attached hydrogen (secondary N) is 1. The van der Waals surface area contributed by atoms with Crippen LogP contribution in [0.25, 0.3) is 11.7 Å². The standard InChI is InChI=1S/C23H31N5O5/c1-13(2)10-27-21-16(5-8-18(29)26-11-15(4)33-12-14(26)3)9-24-28(21)23(32)19(22(27)31)20(30)25-17-6-7-17/h5,8-9,13-15,17,32H,6-7,10-12H2,1-4H3,(H,25,30)/b8-5+/t14-,15-/m0/s1. The zero-order chi connectivity index (χ0) is 23.9. The number of fused-ring (bicyclic) bond motifs is 1. The molecule has 0 bridgehead atoms. The minimum atomic E-state index is -0.599. The largest absolute Gasteiger partial charge is 0.492 e. The zero-order valence-corrected chi connectivity index (χ0v) is 19.4. The SMILES string of the molecule is CC(C)Cn1c(=O)c(C(=O)NC2CC2)c(O)n2ncc(/C=C/C(=O)N3C[C@H](C)OC[C@@H]3C)c12. The number of ether oxygens (including phenoxy) is 1. The highest BCUT2D eigenvalue weighted by molar-refractivity contribution is 5.97. The van der Waals surface area contributed by atoms with Gasteiger partial charge in [-0.2, -0.15) is 9.61 Å². The van der Waals surface area contributed by atoms with Gasteiger partial charge >= 0.3 is 0 Å². The molecule has 33 heavy (non-hydrogen) atoms. The highest BCUT2D eigenvalue weighted by atomic mass is 16.5. The normalized spacial score (nSPS) is 21.3. The van der Waals surface area contributed by atoms with Gasteiger partial charge in [-0.05, 0) is 38.7 Å².